The monoisotopic (exact) mass is 406 g/mol. The Kier molecular flexibility index (Phi) is 7.68. The highest BCUT2D eigenvalue weighted by molar-refractivity contribution is 7.92. The van der Waals surface area contributed by atoms with Gasteiger partial charge in [0.1, 0.15) is 5.37 Å². The van der Waals surface area contributed by atoms with Crippen molar-refractivity contribution in [3.05, 3.63) is 70.3 Å². The normalized spacial score (nSPS) is 14.0. The molecule has 0 spiro atoms. The topological polar surface area (TPSA) is 110 Å². The van der Waals surface area contributed by atoms with Gasteiger partial charge in [0.2, 0.25) is 0 Å². The van der Waals surface area contributed by atoms with Crippen molar-refractivity contribution in [3.8, 4) is 0 Å². The van der Waals surface area contributed by atoms with Crippen LogP contribution in [0.3, 0.4) is 0 Å². The van der Waals surface area contributed by atoms with Gasteiger partial charge in [-0.2, -0.15) is 0 Å². The number of nitrogens with zero attached hydrogens (tertiary/aromatic N) is 1. The van der Waals surface area contributed by atoms with Crippen LogP contribution in [0.25, 0.3) is 0 Å². The summed E-state index contributed by atoms with van der Waals surface area (Å²) in [5.74, 6) is -0.286. The van der Waals surface area contributed by atoms with Gasteiger partial charge in [-0.1, -0.05) is 50.2 Å². The SMILES string of the molecule is CC(C)C(NC[C@H](O)CCc1ccccc1)S(=O)(=O)c1cccc([N+](=O)[O-])c1. The lowest BCUT2D eigenvalue weighted by molar-refractivity contribution is -0.385. The van der Waals surface area contributed by atoms with E-state index < -0.39 is 26.2 Å². The van der Waals surface area contributed by atoms with Gasteiger partial charge in [-0.25, -0.2) is 8.42 Å². The summed E-state index contributed by atoms with van der Waals surface area (Å²) in [5, 5.41) is 23.2. The summed E-state index contributed by atoms with van der Waals surface area (Å²) in [6, 6.07) is 14.8. The van der Waals surface area contributed by atoms with E-state index in [1.54, 1.807) is 13.8 Å². The average molecular weight is 407 g/mol. The molecule has 0 aliphatic rings. The predicted molar refractivity (Wildman–Crippen MR) is 108 cm³/mol. The molecule has 28 heavy (non-hydrogen) atoms. The van der Waals surface area contributed by atoms with Crippen molar-refractivity contribution in [2.75, 3.05) is 6.54 Å². The van der Waals surface area contributed by atoms with Crippen molar-refractivity contribution in [3.63, 3.8) is 0 Å². The Hall–Kier alpha value is -2.29. The van der Waals surface area contributed by atoms with Gasteiger partial charge in [0.05, 0.1) is 15.9 Å². The fourth-order valence-corrected chi connectivity index (χ4v) is 4.84. The van der Waals surface area contributed by atoms with Crippen molar-refractivity contribution >= 4 is 15.5 Å². The van der Waals surface area contributed by atoms with Crippen LogP contribution in [0.2, 0.25) is 0 Å². The number of hydrogen-bond donors (Lipinski definition) is 2. The lowest BCUT2D eigenvalue weighted by Crippen LogP contribution is -2.44. The fourth-order valence-electron chi connectivity index (χ4n) is 2.96. The molecule has 0 saturated heterocycles. The average Bonchev–Trinajstić information content (AvgIpc) is 2.67. The van der Waals surface area contributed by atoms with Crippen LogP contribution in [0.4, 0.5) is 5.69 Å². The summed E-state index contributed by atoms with van der Waals surface area (Å²) in [4.78, 5) is 10.2. The van der Waals surface area contributed by atoms with E-state index in [9.17, 15) is 23.6 Å². The second-order valence-electron chi connectivity index (χ2n) is 7.05. The number of sulfone groups is 1. The lowest BCUT2D eigenvalue weighted by Gasteiger charge is -2.24. The minimum absolute atomic E-state index is 0.105. The van der Waals surface area contributed by atoms with Crippen LogP contribution >= 0.6 is 0 Å². The number of aliphatic hydroxyl groups is 1. The van der Waals surface area contributed by atoms with E-state index in [1.165, 1.54) is 18.2 Å². The van der Waals surface area contributed by atoms with E-state index in [-0.39, 0.29) is 23.0 Å². The number of nitro groups is 1. The molecule has 0 heterocycles. The van der Waals surface area contributed by atoms with Crippen molar-refractivity contribution in [2.24, 2.45) is 5.92 Å². The Balaban J connectivity index is 2.05. The first-order valence-electron chi connectivity index (χ1n) is 9.15. The molecular weight excluding hydrogens is 380 g/mol. The Morgan fingerprint density at radius 3 is 2.39 bits per heavy atom. The molecule has 2 atom stereocenters. The molecule has 2 rings (SSSR count). The fraction of sp³-hybridized carbons (Fsp3) is 0.400. The molecule has 0 aliphatic heterocycles. The first-order chi connectivity index (χ1) is 13.2. The van der Waals surface area contributed by atoms with Crippen molar-refractivity contribution in [2.45, 2.75) is 43.1 Å². The molecule has 2 N–H and O–H groups in total. The first kappa shape index (κ1) is 22.0. The highest BCUT2D eigenvalue weighted by Gasteiger charge is 2.31. The summed E-state index contributed by atoms with van der Waals surface area (Å²) in [7, 11) is -3.85. The largest absolute Gasteiger partial charge is 0.392 e. The van der Waals surface area contributed by atoms with E-state index in [4.69, 9.17) is 0 Å². The van der Waals surface area contributed by atoms with E-state index in [1.807, 2.05) is 30.3 Å². The van der Waals surface area contributed by atoms with Crippen molar-refractivity contribution in [1.29, 1.82) is 0 Å². The summed E-state index contributed by atoms with van der Waals surface area (Å²) >= 11 is 0. The Morgan fingerprint density at radius 2 is 1.79 bits per heavy atom. The number of rotatable bonds is 10. The number of non-ortho nitro benzene ring substituents is 1. The second-order valence-corrected chi connectivity index (χ2v) is 9.12. The van der Waals surface area contributed by atoms with Gasteiger partial charge in [-0.15, -0.1) is 0 Å². The smallest absolute Gasteiger partial charge is 0.270 e. The lowest BCUT2D eigenvalue weighted by atomic mass is 10.1. The molecule has 0 radical (unpaired) electrons. The summed E-state index contributed by atoms with van der Waals surface area (Å²) in [6.07, 6.45) is 0.480. The van der Waals surface area contributed by atoms with E-state index in [2.05, 4.69) is 5.32 Å². The molecule has 152 valence electrons. The second kappa shape index (κ2) is 9.77. The molecule has 0 saturated carbocycles. The third-order valence-electron chi connectivity index (χ3n) is 4.46. The van der Waals surface area contributed by atoms with E-state index >= 15 is 0 Å². The number of nitrogens with one attached hydrogen (secondary N) is 1. The van der Waals surface area contributed by atoms with Crippen LogP contribution in [0.1, 0.15) is 25.8 Å². The van der Waals surface area contributed by atoms with Crippen LogP contribution in [0, 0.1) is 16.0 Å². The maximum Gasteiger partial charge on any atom is 0.270 e. The Bertz CT molecular complexity index is 884. The minimum atomic E-state index is -3.85. The van der Waals surface area contributed by atoms with Gasteiger partial charge in [-0.05, 0) is 30.4 Å². The third kappa shape index (κ3) is 5.85. The first-order valence-corrected chi connectivity index (χ1v) is 10.7. The van der Waals surface area contributed by atoms with Crippen LogP contribution in [0.5, 0.6) is 0 Å². The molecule has 7 nitrogen and oxygen atoms in total. The van der Waals surface area contributed by atoms with Gasteiger partial charge in [0.25, 0.3) is 5.69 Å². The molecule has 0 fully saturated rings. The number of benzene rings is 2. The zero-order valence-electron chi connectivity index (χ0n) is 16.0. The highest BCUT2D eigenvalue weighted by Crippen LogP contribution is 2.23. The van der Waals surface area contributed by atoms with Crippen molar-refractivity contribution in [1.82, 2.24) is 5.32 Å². The highest BCUT2D eigenvalue weighted by atomic mass is 32.2. The summed E-state index contributed by atoms with van der Waals surface area (Å²) < 4.78 is 25.9. The number of nitro benzene ring substituents is 1. The number of aliphatic hydroxyl groups excluding tert-OH is 1. The van der Waals surface area contributed by atoms with Gasteiger partial charge in [-0.3, -0.25) is 15.4 Å². The number of aryl methyl sites for hydroxylation is 1. The van der Waals surface area contributed by atoms with Gasteiger partial charge >= 0.3 is 0 Å². The van der Waals surface area contributed by atoms with Crippen LogP contribution in [-0.2, 0) is 16.3 Å². The predicted octanol–water partition coefficient (Wildman–Crippen LogP) is 2.93. The molecule has 0 aliphatic carbocycles. The molecule has 1 unspecified atom stereocenters. The van der Waals surface area contributed by atoms with Crippen LogP contribution in [-0.4, -0.2) is 36.5 Å². The Labute approximate surface area is 165 Å². The van der Waals surface area contributed by atoms with Crippen LogP contribution in [0.15, 0.2) is 59.5 Å². The molecule has 8 heteroatoms. The summed E-state index contributed by atoms with van der Waals surface area (Å²) in [5.41, 5.74) is 0.831. The maximum absolute atomic E-state index is 13.0. The van der Waals surface area contributed by atoms with Gasteiger partial charge < -0.3 is 5.11 Å². The summed E-state index contributed by atoms with van der Waals surface area (Å²) in [6.45, 7) is 3.62. The van der Waals surface area contributed by atoms with Gasteiger partial charge in [0, 0.05) is 18.7 Å². The van der Waals surface area contributed by atoms with E-state index in [0.29, 0.717) is 12.8 Å². The standard InChI is InChI=1S/C20H26N2O5S/c1-15(2)20(21-14-18(23)12-11-16-7-4-3-5-8-16)28(26,27)19-10-6-9-17(13-19)22(24)25/h3-10,13,15,18,20-21,23H,11-12,14H2,1-2H3/t18-,20?/m1/s1. The molecular formula is C20H26N2O5S. The zero-order chi connectivity index (χ0) is 20.7. The molecule has 0 amide bonds. The van der Waals surface area contributed by atoms with Gasteiger partial charge in [0.15, 0.2) is 9.84 Å². The quantitative estimate of drug-likeness (QED) is 0.464. The zero-order valence-corrected chi connectivity index (χ0v) is 16.8. The third-order valence-corrected chi connectivity index (χ3v) is 6.75. The van der Waals surface area contributed by atoms with E-state index in [0.717, 1.165) is 11.6 Å². The molecule has 2 aromatic carbocycles. The maximum atomic E-state index is 13.0. The number of hydrogen-bond acceptors (Lipinski definition) is 6. The molecule has 0 bridgehead atoms. The van der Waals surface area contributed by atoms with Crippen LogP contribution < -0.4 is 5.32 Å². The van der Waals surface area contributed by atoms with Crippen molar-refractivity contribution < 1.29 is 18.4 Å². The molecule has 2 aromatic rings. The Morgan fingerprint density at radius 1 is 1.11 bits per heavy atom. The minimum Gasteiger partial charge on any atom is -0.392 e. The molecule has 0 aromatic heterocycles.